The van der Waals surface area contributed by atoms with E-state index in [0.29, 0.717) is 30.8 Å². The fourth-order valence-corrected chi connectivity index (χ4v) is 7.89. The molecule has 5 aliphatic rings. The highest BCUT2D eigenvalue weighted by Gasteiger charge is 2.52. The third-order valence-corrected chi connectivity index (χ3v) is 10.5. The van der Waals surface area contributed by atoms with Crippen LogP contribution in [0.1, 0.15) is 75.9 Å². The van der Waals surface area contributed by atoms with Crippen molar-refractivity contribution in [3.05, 3.63) is 70.3 Å². The van der Waals surface area contributed by atoms with Crippen LogP contribution in [0.3, 0.4) is 0 Å². The number of aliphatic hydroxyl groups excluding tert-OH is 1. The molecule has 3 fully saturated rings. The predicted molar refractivity (Wildman–Crippen MR) is 151 cm³/mol. The van der Waals surface area contributed by atoms with Gasteiger partial charge in [0.25, 0.3) is 11.8 Å². The van der Waals surface area contributed by atoms with Crippen LogP contribution in [0.15, 0.2) is 42.5 Å². The first-order valence-electron chi connectivity index (χ1n) is 15.0. The summed E-state index contributed by atoms with van der Waals surface area (Å²) in [5.74, 6) is 0.211. The topological polar surface area (TPSA) is 87.9 Å². The van der Waals surface area contributed by atoms with E-state index in [0.717, 1.165) is 76.7 Å². The van der Waals surface area contributed by atoms with Crippen LogP contribution in [0.25, 0.3) is 0 Å². The zero-order chi connectivity index (χ0) is 27.5. The molecule has 7 heteroatoms. The van der Waals surface area contributed by atoms with Crippen molar-refractivity contribution in [3.8, 4) is 6.07 Å². The lowest BCUT2D eigenvalue weighted by Crippen LogP contribution is -2.49. The van der Waals surface area contributed by atoms with E-state index in [1.807, 2.05) is 28.0 Å². The molecule has 3 aliphatic heterocycles. The molecule has 2 saturated carbocycles. The molecule has 0 radical (unpaired) electrons. The molecule has 3 heterocycles. The van der Waals surface area contributed by atoms with E-state index in [-0.39, 0.29) is 28.6 Å². The fraction of sp³-hybridized carbons (Fsp3) is 0.545. The van der Waals surface area contributed by atoms with Crippen molar-refractivity contribution in [2.75, 3.05) is 39.3 Å². The Labute approximate surface area is 236 Å². The highest BCUT2D eigenvalue weighted by molar-refractivity contribution is 6.01. The smallest absolute Gasteiger partial charge is 0.254 e. The molecular weight excluding hydrogens is 500 g/mol. The van der Waals surface area contributed by atoms with E-state index in [9.17, 15) is 14.7 Å². The molecule has 7 rings (SSSR count). The average Bonchev–Trinajstić information content (AvgIpc) is 3.74. The summed E-state index contributed by atoms with van der Waals surface area (Å²) in [5.41, 5.74) is 5.28. The summed E-state index contributed by atoms with van der Waals surface area (Å²) in [5, 5.41) is 20.2. The van der Waals surface area contributed by atoms with Gasteiger partial charge in [-0.25, -0.2) is 0 Å². The Morgan fingerprint density at radius 2 is 1.77 bits per heavy atom. The minimum absolute atomic E-state index is 0.0356. The first kappa shape index (κ1) is 25.7. The number of benzene rings is 2. The third-order valence-electron chi connectivity index (χ3n) is 10.5. The number of nitrogens with zero attached hydrogens (tertiary/aromatic N) is 4. The molecule has 7 nitrogen and oxygen atoms in total. The number of fused-ring (bicyclic) bond motifs is 3. The van der Waals surface area contributed by atoms with Gasteiger partial charge in [-0.2, -0.15) is 5.26 Å². The van der Waals surface area contributed by atoms with Gasteiger partial charge in [0.05, 0.1) is 12.2 Å². The van der Waals surface area contributed by atoms with Gasteiger partial charge in [0.1, 0.15) is 0 Å². The number of amides is 2. The quantitative estimate of drug-likeness (QED) is 0.627. The standard InChI is InChI=1S/C33H38N4O3/c34-18-23-16-32(17-23)10-13-36(14-11-32)30(39)25-5-6-28-29(15-25)33(8-9-33)22-37(31(28)40)21-27(38)20-35-12-7-24-3-1-2-4-26(24)19-35/h1-6,15,23,27,38H,7-14,16-17,19-22H2. The first-order valence-corrected chi connectivity index (χ1v) is 15.0. The van der Waals surface area contributed by atoms with Gasteiger partial charge in [0.2, 0.25) is 0 Å². The molecular formula is C33H38N4O3. The lowest BCUT2D eigenvalue weighted by atomic mass is 9.58. The van der Waals surface area contributed by atoms with Crippen LogP contribution < -0.4 is 0 Å². The van der Waals surface area contributed by atoms with E-state index < -0.39 is 6.10 Å². The second-order valence-corrected chi connectivity index (χ2v) is 13.2. The Morgan fingerprint density at radius 1 is 1.02 bits per heavy atom. The van der Waals surface area contributed by atoms with Crippen LogP contribution in [0.4, 0.5) is 0 Å². The van der Waals surface area contributed by atoms with Crippen molar-refractivity contribution in [2.45, 2.75) is 63.0 Å². The maximum Gasteiger partial charge on any atom is 0.254 e. The lowest BCUT2D eigenvalue weighted by Gasteiger charge is -2.50. The highest BCUT2D eigenvalue weighted by atomic mass is 16.3. The van der Waals surface area contributed by atoms with Gasteiger partial charge in [0, 0.05) is 68.3 Å². The van der Waals surface area contributed by atoms with Crippen LogP contribution >= 0.6 is 0 Å². The normalized spacial score (nSPS) is 23.8. The molecule has 2 aromatic rings. The minimum atomic E-state index is -0.603. The fourth-order valence-electron chi connectivity index (χ4n) is 7.89. The molecule has 208 valence electrons. The molecule has 1 atom stereocenters. The number of carbonyl (C=O) groups excluding carboxylic acids is 2. The monoisotopic (exact) mass is 538 g/mol. The van der Waals surface area contributed by atoms with Gasteiger partial charge < -0.3 is 14.9 Å². The second-order valence-electron chi connectivity index (χ2n) is 13.2. The summed E-state index contributed by atoms with van der Waals surface area (Å²) in [6.45, 7) is 4.75. The van der Waals surface area contributed by atoms with Crippen molar-refractivity contribution in [1.82, 2.24) is 14.7 Å². The maximum absolute atomic E-state index is 13.6. The number of carbonyl (C=O) groups is 2. The highest BCUT2D eigenvalue weighted by Crippen LogP contribution is 2.53. The van der Waals surface area contributed by atoms with Crippen molar-refractivity contribution in [3.63, 3.8) is 0 Å². The van der Waals surface area contributed by atoms with E-state index in [4.69, 9.17) is 5.26 Å². The summed E-state index contributed by atoms with van der Waals surface area (Å²) < 4.78 is 0. The summed E-state index contributed by atoms with van der Waals surface area (Å²) in [7, 11) is 0. The Bertz CT molecular complexity index is 1380. The molecule has 0 aromatic heterocycles. The van der Waals surface area contributed by atoms with E-state index >= 15 is 0 Å². The summed E-state index contributed by atoms with van der Waals surface area (Å²) in [6, 6.07) is 16.5. The Morgan fingerprint density at radius 3 is 2.50 bits per heavy atom. The second kappa shape index (κ2) is 9.71. The zero-order valence-corrected chi connectivity index (χ0v) is 23.1. The molecule has 1 unspecified atom stereocenters. The number of hydrogen-bond acceptors (Lipinski definition) is 5. The van der Waals surface area contributed by atoms with Gasteiger partial charge in [-0.15, -0.1) is 0 Å². The summed E-state index contributed by atoms with van der Waals surface area (Å²) in [6.07, 6.45) is 6.31. The number of likely N-dealkylation sites (tertiary alicyclic amines) is 1. The van der Waals surface area contributed by atoms with Gasteiger partial charge in [0.15, 0.2) is 0 Å². The van der Waals surface area contributed by atoms with E-state index in [1.54, 1.807) is 0 Å². The van der Waals surface area contributed by atoms with Crippen molar-refractivity contribution >= 4 is 11.8 Å². The Hall–Kier alpha value is -3.21. The summed E-state index contributed by atoms with van der Waals surface area (Å²) >= 11 is 0. The number of hydrogen-bond donors (Lipinski definition) is 1. The van der Waals surface area contributed by atoms with Crippen molar-refractivity contribution in [1.29, 1.82) is 5.26 Å². The molecule has 40 heavy (non-hydrogen) atoms. The molecule has 2 amide bonds. The number of rotatable bonds is 5. The maximum atomic E-state index is 13.6. The molecule has 0 bridgehead atoms. The molecule has 1 saturated heterocycles. The van der Waals surface area contributed by atoms with Crippen LogP contribution in [0.5, 0.6) is 0 Å². The van der Waals surface area contributed by atoms with Gasteiger partial charge in [-0.1, -0.05) is 24.3 Å². The van der Waals surface area contributed by atoms with E-state index in [2.05, 4.69) is 35.2 Å². The number of nitriles is 1. The molecule has 1 N–H and O–H groups in total. The van der Waals surface area contributed by atoms with Crippen molar-refractivity contribution < 1.29 is 14.7 Å². The summed E-state index contributed by atoms with van der Waals surface area (Å²) in [4.78, 5) is 33.1. The van der Waals surface area contributed by atoms with Crippen molar-refractivity contribution in [2.24, 2.45) is 11.3 Å². The SMILES string of the molecule is N#CC1CC2(CCN(C(=O)c3ccc4c(c3)C3(CC3)CN(CC(O)CN3CCc5ccccc5C3)C4=O)CC2)C1. The van der Waals surface area contributed by atoms with Gasteiger partial charge in [-0.05, 0) is 85.3 Å². The number of aliphatic hydroxyl groups is 1. The largest absolute Gasteiger partial charge is 0.390 e. The van der Waals surface area contributed by atoms with Crippen LogP contribution in [0.2, 0.25) is 0 Å². The molecule has 2 aromatic carbocycles. The molecule has 2 spiro atoms. The van der Waals surface area contributed by atoms with E-state index in [1.165, 1.54) is 11.1 Å². The van der Waals surface area contributed by atoms with Gasteiger partial charge in [-0.3, -0.25) is 14.5 Å². The van der Waals surface area contributed by atoms with Crippen LogP contribution in [-0.2, 0) is 18.4 Å². The zero-order valence-electron chi connectivity index (χ0n) is 23.1. The predicted octanol–water partition coefficient (Wildman–Crippen LogP) is 3.75. The Balaban J connectivity index is 1.00. The minimum Gasteiger partial charge on any atom is -0.390 e. The lowest BCUT2D eigenvalue weighted by molar-refractivity contribution is 0.00873. The van der Waals surface area contributed by atoms with Gasteiger partial charge >= 0.3 is 0 Å². The van der Waals surface area contributed by atoms with Crippen LogP contribution in [-0.4, -0.2) is 77.0 Å². The number of piperidine rings is 1. The number of β-amino-alcohol motifs (C(OH)–C–C–N with tert-alkyl or cyclic N) is 1. The Kier molecular flexibility index (Phi) is 6.25. The average molecular weight is 539 g/mol. The first-order chi connectivity index (χ1) is 19.4. The third kappa shape index (κ3) is 4.52. The molecule has 2 aliphatic carbocycles. The van der Waals surface area contributed by atoms with Crippen LogP contribution in [0, 0.1) is 22.7 Å².